The molecule has 1 rings (SSSR count). The summed E-state index contributed by atoms with van der Waals surface area (Å²) in [4.78, 5) is 0. The van der Waals surface area contributed by atoms with E-state index in [2.05, 4.69) is 45.0 Å². The molecule has 0 aromatic heterocycles. The molecule has 0 nitrogen and oxygen atoms in total. The van der Waals surface area contributed by atoms with Crippen LogP contribution in [-0.2, 0) is 6.42 Å². The third kappa shape index (κ3) is 5.06. The van der Waals surface area contributed by atoms with E-state index in [9.17, 15) is 0 Å². The summed E-state index contributed by atoms with van der Waals surface area (Å²) in [5, 5.41) is 0. The smallest absolute Gasteiger partial charge is 0.0219 e. The van der Waals surface area contributed by atoms with Gasteiger partial charge < -0.3 is 0 Å². The second-order valence-corrected chi connectivity index (χ2v) is 3.25. The predicted octanol–water partition coefficient (Wildman–Crippen LogP) is 5.03. The molecule has 0 bridgehead atoms. The van der Waals surface area contributed by atoms with Gasteiger partial charge in [0.05, 0.1) is 0 Å². The van der Waals surface area contributed by atoms with Gasteiger partial charge in [0.25, 0.3) is 0 Å². The highest BCUT2D eigenvalue weighted by Gasteiger charge is 1.96. The summed E-state index contributed by atoms with van der Waals surface area (Å²) in [5.74, 6) is 0.654. The molecule has 0 aliphatic rings. The molecule has 0 saturated carbocycles. The number of hydrogen-bond donors (Lipinski definition) is 0. The molecule has 1 aromatic carbocycles. The third-order valence-electron chi connectivity index (χ3n) is 2.05. The molecule has 14 heavy (non-hydrogen) atoms. The molecule has 0 radical (unpaired) electrons. The number of hydrogen-bond acceptors (Lipinski definition) is 0. The van der Waals surface area contributed by atoms with Crippen LogP contribution in [0.1, 0.15) is 59.1 Å². The topological polar surface area (TPSA) is 0 Å². The van der Waals surface area contributed by atoms with Crippen LogP contribution >= 0.6 is 0 Å². The monoisotopic (exact) mass is 194 g/mol. The van der Waals surface area contributed by atoms with Gasteiger partial charge in [0.1, 0.15) is 0 Å². The van der Waals surface area contributed by atoms with Crippen molar-refractivity contribution in [1.29, 1.82) is 0 Å². The zero-order valence-electron chi connectivity index (χ0n) is 9.59. The predicted molar refractivity (Wildman–Crippen MR) is 68.0 cm³/mol. The maximum absolute atomic E-state index is 2.23. The summed E-state index contributed by atoms with van der Waals surface area (Å²) in [7, 11) is 0. The molecule has 0 fully saturated rings. The van der Waals surface area contributed by atoms with Gasteiger partial charge in [-0.15, -0.1) is 0 Å². The Morgan fingerprint density at radius 3 is 1.71 bits per heavy atom. The Bertz CT molecular complexity index is 206. The van der Waals surface area contributed by atoms with E-state index in [0.717, 1.165) is 6.42 Å². The molecule has 0 atom stereocenters. The van der Waals surface area contributed by atoms with Crippen molar-refractivity contribution in [3.63, 3.8) is 0 Å². The Labute approximate surface area is 90.4 Å². The van der Waals surface area contributed by atoms with E-state index in [4.69, 9.17) is 0 Å². The first-order valence-corrected chi connectivity index (χ1v) is 5.33. The first-order valence-electron chi connectivity index (χ1n) is 5.33. The van der Waals surface area contributed by atoms with Crippen molar-refractivity contribution in [1.82, 2.24) is 0 Å². The summed E-state index contributed by atoms with van der Waals surface area (Å²) in [6, 6.07) is 8.89. The summed E-state index contributed by atoms with van der Waals surface area (Å²) in [6.45, 7) is 10.6. The van der Waals surface area contributed by atoms with Crippen molar-refractivity contribution in [3.8, 4) is 0 Å². The van der Waals surface area contributed by atoms with Crippen molar-refractivity contribution in [2.24, 2.45) is 0 Å². The third-order valence-corrected chi connectivity index (χ3v) is 2.05. The van der Waals surface area contributed by atoms with Crippen LogP contribution in [0.15, 0.2) is 24.3 Å². The fourth-order valence-corrected chi connectivity index (χ4v) is 1.14. The Kier molecular flexibility index (Phi) is 9.86. The van der Waals surface area contributed by atoms with Crippen molar-refractivity contribution < 1.29 is 0 Å². The zero-order chi connectivity index (χ0) is 10.3. The van der Waals surface area contributed by atoms with Gasteiger partial charge in [0, 0.05) is 0 Å². The molecular formula is C14H26. The van der Waals surface area contributed by atoms with Gasteiger partial charge in [0.15, 0.2) is 0 Å². The van der Waals surface area contributed by atoms with Crippen LogP contribution < -0.4 is 0 Å². The van der Waals surface area contributed by atoms with E-state index in [1.165, 1.54) is 11.1 Å². The van der Waals surface area contributed by atoms with Gasteiger partial charge in [-0.2, -0.15) is 0 Å². The molecule has 82 valence electrons. The zero-order valence-corrected chi connectivity index (χ0v) is 9.59. The fraction of sp³-hybridized carbons (Fsp3) is 0.571. The summed E-state index contributed by atoms with van der Waals surface area (Å²) < 4.78 is 0. The van der Waals surface area contributed by atoms with Crippen LogP contribution in [0.4, 0.5) is 0 Å². The molecule has 0 heteroatoms. The van der Waals surface area contributed by atoms with Crippen molar-refractivity contribution in [3.05, 3.63) is 35.4 Å². The molecular weight excluding hydrogens is 168 g/mol. The Morgan fingerprint density at radius 2 is 1.43 bits per heavy atom. The molecule has 0 N–H and O–H groups in total. The standard InChI is InChI=1S/C11H16.C2H6.CH4/c1-4-10-5-7-11(8-6-10)9(2)3;1-2;/h5-9H,4H2,1-3H3;1-2H3;1H4. The van der Waals surface area contributed by atoms with E-state index < -0.39 is 0 Å². The van der Waals surface area contributed by atoms with Crippen molar-refractivity contribution in [2.45, 2.75) is 54.4 Å². The maximum Gasteiger partial charge on any atom is -0.0219 e. The first kappa shape index (κ1) is 15.7. The van der Waals surface area contributed by atoms with Crippen LogP contribution in [0.2, 0.25) is 0 Å². The van der Waals surface area contributed by atoms with E-state index in [1.807, 2.05) is 13.8 Å². The Morgan fingerprint density at radius 1 is 1.00 bits per heavy atom. The quantitative estimate of drug-likeness (QED) is 0.619. The fourth-order valence-electron chi connectivity index (χ4n) is 1.14. The molecule has 0 aliphatic heterocycles. The summed E-state index contributed by atoms with van der Waals surface area (Å²) in [6.07, 6.45) is 1.14. The van der Waals surface area contributed by atoms with Crippen LogP contribution in [-0.4, -0.2) is 0 Å². The normalized spacial score (nSPS) is 8.71. The highest BCUT2D eigenvalue weighted by Crippen LogP contribution is 2.14. The van der Waals surface area contributed by atoms with Crippen molar-refractivity contribution >= 4 is 0 Å². The minimum atomic E-state index is 0. The largest absolute Gasteiger partial charge is 0.0776 e. The van der Waals surface area contributed by atoms with E-state index in [-0.39, 0.29) is 7.43 Å². The van der Waals surface area contributed by atoms with Gasteiger partial charge in [-0.3, -0.25) is 0 Å². The van der Waals surface area contributed by atoms with E-state index in [0.29, 0.717) is 5.92 Å². The SMILES string of the molecule is C.CC.CCc1ccc(C(C)C)cc1. The van der Waals surface area contributed by atoms with E-state index in [1.54, 1.807) is 0 Å². The average molecular weight is 194 g/mol. The maximum atomic E-state index is 2.23. The Hall–Kier alpha value is -0.780. The second kappa shape index (κ2) is 8.80. The highest BCUT2D eigenvalue weighted by molar-refractivity contribution is 5.24. The summed E-state index contributed by atoms with van der Waals surface area (Å²) >= 11 is 0. The minimum absolute atomic E-state index is 0. The average Bonchev–Trinajstić information content (AvgIpc) is 2.21. The Balaban J connectivity index is 0. The molecule has 0 aliphatic carbocycles. The van der Waals surface area contributed by atoms with Crippen LogP contribution in [0, 0.1) is 0 Å². The first-order chi connectivity index (χ1) is 6.24. The van der Waals surface area contributed by atoms with Crippen LogP contribution in [0.5, 0.6) is 0 Å². The van der Waals surface area contributed by atoms with Gasteiger partial charge in [-0.05, 0) is 23.5 Å². The lowest BCUT2D eigenvalue weighted by molar-refractivity contribution is 0.865. The van der Waals surface area contributed by atoms with Gasteiger partial charge in [0.2, 0.25) is 0 Å². The molecule has 0 heterocycles. The van der Waals surface area contributed by atoms with Crippen molar-refractivity contribution in [2.75, 3.05) is 0 Å². The van der Waals surface area contributed by atoms with Gasteiger partial charge >= 0.3 is 0 Å². The molecule has 0 saturated heterocycles. The van der Waals surface area contributed by atoms with Gasteiger partial charge in [-0.1, -0.05) is 66.3 Å². The lowest BCUT2D eigenvalue weighted by Gasteiger charge is -2.04. The lowest BCUT2D eigenvalue weighted by atomic mass is 10.0. The van der Waals surface area contributed by atoms with E-state index >= 15 is 0 Å². The summed E-state index contributed by atoms with van der Waals surface area (Å²) in [5.41, 5.74) is 2.86. The lowest BCUT2D eigenvalue weighted by Crippen LogP contribution is -1.87. The number of rotatable bonds is 2. The molecule has 0 unspecified atom stereocenters. The number of aryl methyl sites for hydroxylation is 1. The second-order valence-electron chi connectivity index (χ2n) is 3.25. The number of benzene rings is 1. The molecule has 0 spiro atoms. The van der Waals surface area contributed by atoms with Crippen LogP contribution in [0.3, 0.4) is 0 Å². The minimum Gasteiger partial charge on any atom is -0.0776 e. The van der Waals surface area contributed by atoms with Gasteiger partial charge in [-0.25, -0.2) is 0 Å². The highest BCUT2D eigenvalue weighted by atomic mass is 14.0. The molecule has 1 aromatic rings. The molecule has 0 amide bonds. The van der Waals surface area contributed by atoms with Crippen LogP contribution in [0.25, 0.3) is 0 Å².